The Balaban J connectivity index is 1.39. The van der Waals surface area contributed by atoms with Gasteiger partial charge in [-0.05, 0) is 43.4 Å². The van der Waals surface area contributed by atoms with Crippen molar-refractivity contribution in [3.05, 3.63) is 75.9 Å². The number of β-amino-alcohol motifs (C(OH)–C–C–N with tert-alkyl or cyclic N) is 1. The minimum Gasteiger partial charge on any atom is -0.391 e. The molecule has 5 atom stereocenters. The molecule has 2 aliphatic heterocycles. The predicted octanol–water partition coefficient (Wildman–Crippen LogP) is 4.24. The lowest BCUT2D eigenvalue weighted by Crippen LogP contribution is -2.44. The zero-order valence-electron chi connectivity index (χ0n) is 23.6. The van der Waals surface area contributed by atoms with E-state index in [4.69, 9.17) is 9.52 Å². The fourth-order valence-electron chi connectivity index (χ4n) is 6.20. The molecule has 5 rings (SSSR count). The van der Waals surface area contributed by atoms with Crippen molar-refractivity contribution in [3.8, 4) is 11.3 Å². The molecular weight excluding hydrogens is 492 g/mol. The van der Waals surface area contributed by atoms with Gasteiger partial charge < -0.3 is 19.1 Å². The number of pyridine rings is 1. The van der Waals surface area contributed by atoms with Gasteiger partial charge in [0.2, 0.25) is 5.91 Å². The number of rotatable bonds is 6. The molecule has 0 aliphatic carbocycles. The lowest BCUT2D eigenvalue weighted by atomic mass is 9.74. The molecule has 8 nitrogen and oxygen atoms in total. The van der Waals surface area contributed by atoms with E-state index in [0.717, 1.165) is 28.2 Å². The SMILES string of the molecule is Cc1cc([C@H](C(=O)N2C[C@H](O)C[C@@H]2C2=NC(C)[C@@](C)(c3ccc(-c4cccc(=O)n4C)cc3)C2)C(C)C)on1. The van der Waals surface area contributed by atoms with Crippen LogP contribution in [0.2, 0.25) is 0 Å². The number of hydrogen-bond donors (Lipinski definition) is 1. The summed E-state index contributed by atoms with van der Waals surface area (Å²) in [6.07, 6.45) is 0.589. The van der Waals surface area contributed by atoms with E-state index >= 15 is 0 Å². The molecule has 0 spiro atoms. The number of carbonyl (C=O) groups is 1. The molecule has 39 heavy (non-hydrogen) atoms. The van der Waals surface area contributed by atoms with Crippen molar-refractivity contribution in [2.45, 2.75) is 77.0 Å². The summed E-state index contributed by atoms with van der Waals surface area (Å²) in [7, 11) is 1.78. The monoisotopic (exact) mass is 530 g/mol. The van der Waals surface area contributed by atoms with Crippen LogP contribution in [-0.2, 0) is 17.3 Å². The fraction of sp³-hybridized carbons (Fsp3) is 0.484. The van der Waals surface area contributed by atoms with E-state index in [1.54, 1.807) is 23.7 Å². The van der Waals surface area contributed by atoms with Gasteiger partial charge in [-0.25, -0.2) is 0 Å². The first-order valence-corrected chi connectivity index (χ1v) is 13.7. The maximum absolute atomic E-state index is 13.9. The van der Waals surface area contributed by atoms with E-state index in [-0.39, 0.29) is 41.4 Å². The molecule has 4 heterocycles. The quantitative estimate of drug-likeness (QED) is 0.514. The zero-order valence-corrected chi connectivity index (χ0v) is 23.6. The number of likely N-dealkylation sites (tertiary alicyclic amines) is 1. The summed E-state index contributed by atoms with van der Waals surface area (Å²) in [6, 6.07) is 15.2. The summed E-state index contributed by atoms with van der Waals surface area (Å²) in [4.78, 5) is 32.9. The van der Waals surface area contributed by atoms with E-state index in [9.17, 15) is 14.7 Å². The maximum atomic E-state index is 13.9. The second kappa shape index (κ2) is 10.2. The van der Waals surface area contributed by atoms with Crippen LogP contribution in [0.4, 0.5) is 0 Å². The number of benzene rings is 1. The summed E-state index contributed by atoms with van der Waals surface area (Å²) in [6.45, 7) is 10.5. The summed E-state index contributed by atoms with van der Waals surface area (Å²) in [5.41, 5.74) is 4.42. The predicted molar refractivity (Wildman–Crippen MR) is 151 cm³/mol. The van der Waals surface area contributed by atoms with E-state index in [2.05, 4.69) is 43.3 Å². The smallest absolute Gasteiger partial charge is 0.250 e. The van der Waals surface area contributed by atoms with Crippen LogP contribution in [0, 0.1) is 12.8 Å². The van der Waals surface area contributed by atoms with Crippen molar-refractivity contribution in [2.24, 2.45) is 18.0 Å². The highest BCUT2D eigenvalue weighted by Crippen LogP contribution is 2.42. The van der Waals surface area contributed by atoms with Crippen molar-refractivity contribution >= 4 is 11.6 Å². The molecule has 1 saturated heterocycles. The number of aliphatic hydroxyl groups is 1. The minimum atomic E-state index is -0.593. The standard InChI is InChI=1S/C31H38N4O4/c1-18(2)29(27-14-19(3)33-39-27)30(38)35-17-23(36)15-26(35)24-16-31(5,20(4)32-24)22-12-10-21(11-13-22)25-8-7-9-28(37)34(25)6/h7-14,18,20,23,26,29,36H,15-17H2,1-6H3/t20?,23-,26-,29-,31+/m1/s1. The maximum Gasteiger partial charge on any atom is 0.250 e. The largest absolute Gasteiger partial charge is 0.391 e. The van der Waals surface area contributed by atoms with Gasteiger partial charge in [-0.3, -0.25) is 14.6 Å². The van der Waals surface area contributed by atoms with Crippen LogP contribution in [-0.4, -0.2) is 56.1 Å². The van der Waals surface area contributed by atoms with E-state index in [0.29, 0.717) is 18.6 Å². The first-order chi connectivity index (χ1) is 18.5. The number of aliphatic hydroxyl groups excluding tert-OH is 1. The molecule has 1 N–H and O–H groups in total. The lowest BCUT2D eigenvalue weighted by Gasteiger charge is -2.31. The molecule has 3 aromatic rings. The third kappa shape index (κ3) is 4.86. The minimum absolute atomic E-state index is 0.00643. The molecule has 0 radical (unpaired) electrons. The number of aryl methyl sites for hydroxylation is 1. The Kier molecular flexibility index (Phi) is 7.10. The van der Waals surface area contributed by atoms with E-state index in [1.807, 2.05) is 37.8 Å². The van der Waals surface area contributed by atoms with Gasteiger partial charge in [0, 0.05) is 43.3 Å². The van der Waals surface area contributed by atoms with E-state index in [1.165, 1.54) is 0 Å². The molecule has 2 aromatic heterocycles. The fourth-order valence-corrected chi connectivity index (χ4v) is 6.20. The Hall–Kier alpha value is -3.52. The Morgan fingerprint density at radius 3 is 2.54 bits per heavy atom. The molecule has 8 heteroatoms. The van der Waals surface area contributed by atoms with Crippen LogP contribution in [0.1, 0.15) is 63.5 Å². The second-order valence-electron chi connectivity index (χ2n) is 11.8. The van der Waals surface area contributed by atoms with Gasteiger partial charge in [0.15, 0.2) is 0 Å². The summed E-state index contributed by atoms with van der Waals surface area (Å²) in [5, 5.41) is 14.7. The van der Waals surface area contributed by atoms with Gasteiger partial charge in [-0.15, -0.1) is 0 Å². The molecule has 1 fully saturated rings. The number of aliphatic imine (C=N–C) groups is 1. The van der Waals surface area contributed by atoms with Gasteiger partial charge in [-0.1, -0.05) is 56.3 Å². The Bertz CT molecular complexity index is 1450. The third-order valence-corrected chi connectivity index (χ3v) is 8.69. The topological polar surface area (TPSA) is 101 Å². The van der Waals surface area contributed by atoms with Crippen LogP contribution < -0.4 is 5.56 Å². The van der Waals surface area contributed by atoms with Crippen LogP contribution in [0.15, 0.2) is 62.8 Å². The number of aromatic nitrogens is 2. The zero-order chi connectivity index (χ0) is 28.1. The van der Waals surface area contributed by atoms with Gasteiger partial charge >= 0.3 is 0 Å². The molecule has 1 unspecified atom stereocenters. The normalized spacial score (nSPS) is 25.8. The van der Waals surface area contributed by atoms with Crippen LogP contribution in [0.25, 0.3) is 11.3 Å². The Labute approximate surface area is 229 Å². The van der Waals surface area contributed by atoms with Gasteiger partial charge in [-0.2, -0.15) is 0 Å². The van der Waals surface area contributed by atoms with Crippen molar-refractivity contribution in [1.29, 1.82) is 0 Å². The Morgan fingerprint density at radius 1 is 1.18 bits per heavy atom. The summed E-state index contributed by atoms with van der Waals surface area (Å²) in [5.74, 6) is 0.0616. The van der Waals surface area contributed by atoms with Crippen molar-refractivity contribution in [2.75, 3.05) is 6.54 Å². The average molecular weight is 531 g/mol. The first-order valence-electron chi connectivity index (χ1n) is 13.7. The van der Waals surface area contributed by atoms with Crippen LogP contribution >= 0.6 is 0 Å². The molecule has 206 valence electrons. The third-order valence-electron chi connectivity index (χ3n) is 8.69. The average Bonchev–Trinajstić information content (AvgIpc) is 3.58. The molecule has 1 amide bonds. The highest BCUT2D eigenvalue weighted by atomic mass is 16.5. The van der Waals surface area contributed by atoms with Crippen LogP contribution in [0.3, 0.4) is 0 Å². The van der Waals surface area contributed by atoms with Crippen molar-refractivity contribution in [1.82, 2.24) is 14.6 Å². The lowest BCUT2D eigenvalue weighted by molar-refractivity contribution is -0.134. The van der Waals surface area contributed by atoms with Gasteiger partial charge in [0.1, 0.15) is 11.7 Å². The van der Waals surface area contributed by atoms with Crippen molar-refractivity contribution in [3.63, 3.8) is 0 Å². The number of nitrogens with zero attached hydrogens (tertiary/aromatic N) is 4. The highest BCUT2D eigenvalue weighted by Gasteiger charge is 2.47. The van der Waals surface area contributed by atoms with Gasteiger partial charge in [0.05, 0.1) is 29.6 Å². The molecule has 0 saturated carbocycles. The summed E-state index contributed by atoms with van der Waals surface area (Å²) < 4.78 is 7.16. The first kappa shape index (κ1) is 27.1. The van der Waals surface area contributed by atoms with Crippen molar-refractivity contribution < 1.29 is 14.4 Å². The molecule has 0 bridgehead atoms. The highest BCUT2D eigenvalue weighted by molar-refractivity contribution is 5.97. The molecule has 1 aromatic carbocycles. The Morgan fingerprint density at radius 2 is 1.90 bits per heavy atom. The van der Waals surface area contributed by atoms with Gasteiger partial charge in [0.25, 0.3) is 5.56 Å². The molecule has 2 aliphatic rings. The number of carbonyl (C=O) groups excluding carboxylic acids is 1. The van der Waals surface area contributed by atoms with Crippen LogP contribution in [0.5, 0.6) is 0 Å². The molecular formula is C31H38N4O4. The number of hydrogen-bond acceptors (Lipinski definition) is 6. The second-order valence-corrected chi connectivity index (χ2v) is 11.8. The summed E-state index contributed by atoms with van der Waals surface area (Å²) >= 11 is 0. The number of amides is 1. The van der Waals surface area contributed by atoms with E-state index < -0.39 is 12.0 Å².